The van der Waals surface area contributed by atoms with Crippen molar-refractivity contribution >= 4 is 27.9 Å². The Hall–Kier alpha value is -3.30. The molecule has 178 valence electrons. The second kappa shape index (κ2) is 9.52. The molecule has 1 fully saturated rings. The molecule has 34 heavy (non-hydrogen) atoms. The van der Waals surface area contributed by atoms with Crippen molar-refractivity contribution in [2.45, 2.75) is 32.9 Å². The van der Waals surface area contributed by atoms with Gasteiger partial charge >= 0.3 is 5.69 Å². The highest BCUT2D eigenvalue weighted by Crippen LogP contribution is 2.33. The van der Waals surface area contributed by atoms with Crippen LogP contribution < -0.4 is 10.6 Å². The number of fused-ring (bicyclic) bond motifs is 3. The molecule has 9 heteroatoms. The van der Waals surface area contributed by atoms with Crippen molar-refractivity contribution in [3.05, 3.63) is 47.3 Å². The summed E-state index contributed by atoms with van der Waals surface area (Å²) >= 11 is 0. The molecule has 1 aliphatic rings. The number of nitrogens with zero attached hydrogens (tertiary/aromatic N) is 6. The van der Waals surface area contributed by atoms with Crippen molar-refractivity contribution in [2.75, 3.05) is 44.8 Å². The van der Waals surface area contributed by atoms with Gasteiger partial charge in [-0.1, -0.05) is 0 Å². The van der Waals surface area contributed by atoms with Crippen molar-refractivity contribution in [1.82, 2.24) is 24.4 Å². The summed E-state index contributed by atoms with van der Waals surface area (Å²) in [5.74, 6) is 0.935. The second-order valence-electron chi connectivity index (χ2n) is 8.91. The van der Waals surface area contributed by atoms with Gasteiger partial charge in [0.2, 0.25) is 0 Å². The first-order chi connectivity index (χ1) is 16.6. The first-order valence-corrected chi connectivity index (χ1v) is 11.8. The van der Waals surface area contributed by atoms with E-state index in [9.17, 15) is 4.79 Å². The van der Waals surface area contributed by atoms with Crippen LogP contribution in [0.2, 0.25) is 0 Å². The summed E-state index contributed by atoms with van der Waals surface area (Å²) in [4.78, 5) is 31.2. The van der Waals surface area contributed by atoms with E-state index in [4.69, 9.17) is 14.1 Å². The Bertz CT molecular complexity index is 1340. The number of furan rings is 1. The molecule has 0 saturated carbocycles. The van der Waals surface area contributed by atoms with Crippen LogP contribution in [-0.2, 0) is 11.3 Å². The molecule has 0 spiro atoms. The number of pyridine rings is 2. The summed E-state index contributed by atoms with van der Waals surface area (Å²) in [7, 11) is 1.65. The van der Waals surface area contributed by atoms with Gasteiger partial charge in [0, 0.05) is 75.8 Å². The molecule has 0 aliphatic carbocycles. The van der Waals surface area contributed by atoms with Gasteiger partial charge in [-0.25, -0.2) is 9.78 Å². The quantitative estimate of drug-likeness (QED) is 0.387. The van der Waals surface area contributed by atoms with Crippen molar-refractivity contribution in [3.63, 3.8) is 0 Å². The van der Waals surface area contributed by atoms with Crippen molar-refractivity contribution in [1.29, 1.82) is 0 Å². The van der Waals surface area contributed by atoms with Crippen LogP contribution in [-0.4, -0.2) is 70.4 Å². The maximum atomic E-state index is 13.1. The zero-order chi connectivity index (χ0) is 23.7. The second-order valence-corrected chi connectivity index (χ2v) is 8.91. The SMILES string of the molecule is COCCCn1c(=O)nc(-c2ccc(N3CCN(C(C)C)CC3)nc2)c2oc3cnccc3c21. The Morgan fingerprint density at radius 1 is 1.12 bits per heavy atom. The summed E-state index contributed by atoms with van der Waals surface area (Å²) in [5, 5.41) is 0.843. The van der Waals surface area contributed by atoms with Crippen LogP contribution in [0, 0.1) is 0 Å². The van der Waals surface area contributed by atoms with E-state index in [0.717, 1.165) is 48.5 Å². The predicted molar refractivity (Wildman–Crippen MR) is 132 cm³/mol. The molecule has 0 radical (unpaired) electrons. The molecule has 1 saturated heterocycles. The van der Waals surface area contributed by atoms with E-state index in [0.29, 0.717) is 42.5 Å². The molecule has 5 rings (SSSR count). The van der Waals surface area contributed by atoms with E-state index in [2.05, 4.69) is 33.6 Å². The summed E-state index contributed by atoms with van der Waals surface area (Å²) < 4.78 is 13.0. The lowest BCUT2D eigenvalue weighted by molar-refractivity contribution is 0.190. The number of piperazine rings is 1. The highest BCUT2D eigenvalue weighted by Gasteiger charge is 2.22. The zero-order valence-electron chi connectivity index (χ0n) is 19.9. The standard InChI is InChI=1S/C25H30N6O3/c1-17(2)29-10-12-30(13-11-29)21-6-5-18(15-27-21)22-24-23(19-7-8-26-16-20(19)34-24)31(25(32)28-22)9-4-14-33-3/h5-8,15-17H,4,9-14H2,1-3H3. The molecule has 5 heterocycles. The van der Waals surface area contributed by atoms with E-state index in [1.54, 1.807) is 30.3 Å². The Kier molecular flexibility index (Phi) is 6.30. The molecule has 0 unspecified atom stereocenters. The van der Waals surface area contributed by atoms with Crippen LogP contribution in [0.1, 0.15) is 20.3 Å². The molecule has 0 atom stereocenters. The molecular formula is C25H30N6O3. The average molecular weight is 463 g/mol. The average Bonchev–Trinajstić information content (AvgIpc) is 3.25. The van der Waals surface area contributed by atoms with E-state index < -0.39 is 0 Å². The van der Waals surface area contributed by atoms with Gasteiger partial charge in [0.1, 0.15) is 17.0 Å². The molecule has 0 aromatic carbocycles. The molecule has 4 aromatic rings. The molecule has 1 aliphatic heterocycles. The van der Waals surface area contributed by atoms with Crippen LogP contribution in [0.15, 0.2) is 46.0 Å². The normalized spacial score (nSPS) is 15.1. The van der Waals surface area contributed by atoms with Crippen LogP contribution in [0.4, 0.5) is 5.82 Å². The number of rotatable bonds is 7. The molecule has 0 N–H and O–H groups in total. The van der Waals surface area contributed by atoms with Gasteiger partial charge in [-0.15, -0.1) is 0 Å². The minimum absolute atomic E-state index is 0.313. The third-order valence-corrected chi connectivity index (χ3v) is 6.51. The number of ether oxygens (including phenoxy) is 1. The third-order valence-electron chi connectivity index (χ3n) is 6.51. The van der Waals surface area contributed by atoms with Gasteiger partial charge in [-0.3, -0.25) is 14.5 Å². The first kappa shape index (κ1) is 22.5. The van der Waals surface area contributed by atoms with Crippen LogP contribution in [0.5, 0.6) is 0 Å². The molecular weight excluding hydrogens is 432 g/mol. The van der Waals surface area contributed by atoms with E-state index in [1.165, 1.54) is 0 Å². The minimum Gasteiger partial charge on any atom is -0.450 e. The molecule has 4 aromatic heterocycles. The fraction of sp³-hybridized carbons (Fsp3) is 0.440. The smallest absolute Gasteiger partial charge is 0.348 e. The lowest BCUT2D eigenvalue weighted by Gasteiger charge is -2.37. The maximum absolute atomic E-state index is 13.1. The van der Waals surface area contributed by atoms with Crippen LogP contribution in [0.25, 0.3) is 33.3 Å². The van der Waals surface area contributed by atoms with Gasteiger partial charge in [-0.05, 0) is 38.5 Å². The highest BCUT2D eigenvalue weighted by atomic mass is 16.5. The lowest BCUT2D eigenvalue weighted by Crippen LogP contribution is -2.49. The topological polar surface area (TPSA) is 89.5 Å². The van der Waals surface area contributed by atoms with Crippen molar-refractivity contribution < 1.29 is 9.15 Å². The highest BCUT2D eigenvalue weighted by molar-refractivity contribution is 6.06. The van der Waals surface area contributed by atoms with E-state index >= 15 is 0 Å². The Morgan fingerprint density at radius 2 is 1.94 bits per heavy atom. The molecule has 0 bridgehead atoms. The van der Waals surface area contributed by atoms with E-state index in [-0.39, 0.29) is 5.69 Å². The van der Waals surface area contributed by atoms with Gasteiger partial charge in [-0.2, -0.15) is 4.98 Å². The summed E-state index contributed by atoms with van der Waals surface area (Å²) in [5.41, 5.74) is 2.87. The van der Waals surface area contributed by atoms with Crippen LogP contribution >= 0.6 is 0 Å². The van der Waals surface area contributed by atoms with Crippen molar-refractivity contribution in [3.8, 4) is 11.3 Å². The van der Waals surface area contributed by atoms with Gasteiger partial charge < -0.3 is 14.1 Å². The zero-order valence-corrected chi connectivity index (χ0v) is 19.9. The Morgan fingerprint density at radius 3 is 2.65 bits per heavy atom. The molecule has 0 amide bonds. The summed E-state index contributed by atoms with van der Waals surface area (Å²) in [6.45, 7) is 9.46. The van der Waals surface area contributed by atoms with Crippen LogP contribution in [0.3, 0.4) is 0 Å². The first-order valence-electron chi connectivity index (χ1n) is 11.8. The number of aryl methyl sites for hydroxylation is 1. The summed E-state index contributed by atoms with van der Waals surface area (Å²) in [6, 6.07) is 6.40. The third kappa shape index (κ3) is 4.17. The maximum Gasteiger partial charge on any atom is 0.348 e. The monoisotopic (exact) mass is 462 g/mol. The lowest BCUT2D eigenvalue weighted by atomic mass is 10.1. The fourth-order valence-corrected chi connectivity index (χ4v) is 4.62. The van der Waals surface area contributed by atoms with Gasteiger partial charge in [0.05, 0.1) is 6.20 Å². The number of hydrogen-bond donors (Lipinski definition) is 0. The van der Waals surface area contributed by atoms with E-state index in [1.807, 2.05) is 18.2 Å². The fourth-order valence-electron chi connectivity index (χ4n) is 4.62. The van der Waals surface area contributed by atoms with Gasteiger partial charge in [0.25, 0.3) is 0 Å². The summed E-state index contributed by atoms with van der Waals surface area (Å²) in [6.07, 6.45) is 5.86. The minimum atomic E-state index is -0.313. The largest absolute Gasteiger partial charge is 0.450 e. The van der Waals surface area contributed by atoms with Crippen molar-refractivity contribution in [2.24, 2.45) is 0 Å². The molecule has 9 nitrogen and oxygen atoms in total. The predicted octanol–water partition coefficient (Wildman–Crippen LogP) is 3.17. The Balaban J connectivity index is 1.52. The number of aromatic nitrogens is 4. The Labute approximate surface area is 198 Å². The number of hydrogen-bond acceptors (Lipinski definition) is 8. The van der Waals surface area contributed by atoms with Gasteiger partial charge in [0.15, 0.2) is 11.2 Å². The number of methoxy groups -OCH3 is 1. The number of anilines is 1.